The van der Waals surface area contributed by atoms with Crippen LogP contribution >= 0.6 is 0 Å². The van der Waals surface area contributed by atoms with Crippen molar-refractivity contribution in [3.63, 3.8) is 0 Å². The second-order valence-corrected chi connectivity index (χ2v) is 5.71. The van der Waals surface area contributed by atoms with Crippen molar-refractivity contribution < 1.29 is 13.5 Å². The quantitative estimate of drug-likeness (QED) is 0.819. The van der Waals surface area contributed by atoms with Crippen LogP contribution in [0.25, 0.3) is 0 Å². The molecule has 0 aromatic heterocycles. The molecule has 1 aromatic rings. The second kappa shape index (κ2) is 4.11. The maximum atomic E-state index is 10.9. The average molecular weight is 214 g/mol. The second-order valence-electron chi connectivity index (χ2n) is 3.52. The number of rotatable bonds is 3. The Morgan fingerprint density at radius 2 is 2.07 bits per heavy atom. The molecule has 0 unspecified atom stereocenters. The minimum atomic E-state index is -3.13. The number of sulfone groups is 1. The number of hydrogen-bond donors (Lipinski definition) is 1. The molecule has 0 fully saturated rings. The molecular weight excluding hydrogens is 200 g/mol. The van der Waals surface area contributed by atoms with E-state index in [-0.39, 0.29) is 5.75 Å². The molecule has 0 saturated heterocycles. The average Bonchev–Trinajstić information content (AvgIpc) is 2.01. The van der Waals surface area contributed by atoms with Gasteiger partial charge in [-0.05, 0) is 12.5 Å². The molecule has 0 heterocycles. The van der Waals surface area contributed by atoms with Gasteiger partial charge in [0.05, 0.1) is 11.9 Å². The first-order valence-corrected chi connectivity index (χ1v) is 6.37. The highest BCUT2D eigenvalue weighted by Crippen LogP contribution is 2.15. The van der Waals surface area contributed by atoms with E-state index in [4.69, 9.17) is 0 Å². The van der Waals surface area contributed by atoms with E-state index in [1.165, 1.54) is 0 Å². The van der Waals surface area contributed by atoms with Gasteiger partial charge in [0.15, 0.2) is 0 Å². The predicted octanol–water partition coefficient (Wildman–Crippen LogP) is 1.07. The van der Waals surface area contributed by atoms with E-state index >= 15 is 0 Å². The summed E-state index contributed by atoms with van der Waals surface area (Å²) in [7, 11) is -3.13. The van der Waals surface area contributed by atoms with Crippen LogP contribution in [0.4, 0.5) is 0 Å². The molecule has 0 bridgehead atoms. The van der Waals surface area contributed by atoms with Crippen LogP contribution in [0.2, 0.25) is 0 Å². The third-order valence-corrected chi connectivity index (χ3v) is 2.81. The molecule has 4 heteroatoms. The number of aliphatic hydroxyl groups is 1. The molecule has 0 spiro atoms. The summed E-state index contributed by atoms with van der Waals surface area (Å²) in [6.07, 6.45) is 0.191. The SMILES string of the molecule is Cc1cccc([C@H](O)CS(C)(=O)=O)c1. The predicted molar refractivity (Wildman–Crippen MR) is 55.8 cm³/mol. The molecule has 14 heavy (non-hydrogen) atoms. The van der Waals surface area contributed by atoms with Gasteiger partial charge in [-0.2, -0.15) is 0 Å². The zero-order chi connectivity index (χ0) is 10.8. The van der Waals surface area contributed by atoms with E-state index in [1.807, 2.05) is 13.0 Å². The molecule has 3 nitrogen and oxygen atoms in total. The van der Waals surface area contributed by atoms with Crippen LogP contribution in [0.1, 0.15) is 17.2 Å². The van der Waals surface area contributed by atoms with Gasteiger partial charge in [-0.3, -0.25) is 0 Å². The fraction of sp³-hybridized carbons (Fsp3) is 0.400. The first-order valence-electron chi connectivity index (χ1n) is 4.31. The smallest absolute Gasteiger partial charge is 0.150 e. The molecule has 0 aliphatic heterocycles. The van der Waals surface area contributed by atoms with Crippen LogP contribution < -0.4 is 0 Å². The molecule has 1 atom stereocenters. The van der Waals surface area contributed by atoms with Crippen molar-refractivity contribution in [2.24, 2.45) is 0 Å². The molecule has 0 amide bonds. The van der Waals surface area contributed by atoms with E-state index in [1.54, 1.807) is 18.2 Å². The monoisotopic (exact) mass is 214 g/mol. The number of hydrogen-bond acceptors (Lipinski definition) is 3. The summed E-state index contributed by atoms with van der Waals surface area (Å²) in [5.41, 5.74) is 1.66. The van der Waals surface area contributed by atoms with Gasteiger partial charge in [0, 0.05) is 6.26 Å². The highest BCUT2D eigenvalue weighted by Gasteiger charge is 2.13. The van der Waals surface area contributed by atoms with Crippen LogP contribution in [-0.4, -0.2) is 25.5 Å². The molecule has 1 aromatic carbocycles. The molecule has 0 radical (unpaired) electrons. The third kappa shape index (κ3) is 3.47. The normalized spacial score (nSPS) is 13.9. The summed E-state index contributed by atoms with van der Waals surface area (Å²) >= 11 is 0. The molecule has 1 N–H and O–H groups in total. The van der Waals surface area contributed by atoms with Gasteiger partial charge in [-0.15, -0.1) is 0 Å². The van der Waals surface area contributed by atoms with Gasteiger partial charge in [-0.25, -0.2) is 8.42 Å². The van der Waals surface area contributed by atoms with Gasteiger partial charge < -0.3 is 5.11 Å². The summed E-state index contributed by atoms with van der Waals surface area (Å²) in [6.45, 7) is 1.90. The Morgan fingerprint density at radius 3 is 2.57 bits per heavy atom. The Hall–Kier alpha value is -0.870. The van der Waals surface area contributed by atoms with Crippen LogP contribution in [0.3, 0.4) is 0 Å². The van der Waals surface area contributed by atoms with Gasteiger partial charge >= 0.3 is 0 Å². The van der Waals surface area contributed by atoms with Crippen molar-refractivity contribution in [2.75, 3.05) is 12.0 Å². The lowest BCUT2D eigenvalue weighted by Crippen LogP contribution is -2.12. The lowest BCUT2D eigenvalue weighted by Gasteiger charge is -2.09. The topological polar surface area (TPSA) is 54.4 Å². The summed E-state index contributed by atoms with van der Waals surface area (Å²) in [4.78, 5) is 0. The minimum absolute atomic E-state index is 0.226. The van der Waals surface area contributed by atoms with Gasteiger partial charge in [0.1, 0.15) is 9.84 Å². The molecule has 0 aliphatic carbocycles. The van der Waals surface area contributed by atoms with Gasteiger partial charge in [-0.1, -0.05) is 29.8 Å². The maximum Gasteiger partial charge on any atom is 0.150 e. The Bertz CT molecular complexity index is 409. The largest absolute Gasteiger partial charge is 0.387 e. The van der Waals surface area contributed by atoms with Crippen molar-refractivity contribution in [3.05, 3.63) is 35.4 Å². The van der Waals surface area contributed by atoms with Crippen molar-refractivity contribution >= 4 is 9.84 Å². The van der Waals surface area contributed by atoms with Crippen molar-refractivity contribution in [1.29, 1.82) is 0 Å². The van der Waals surface area contributed by atoms with E-state index < -0.39 is 15.9 Å². The Balaban J connectivity index is 2.85. The van der Waals surface area contributed by atoms with E-state index in [2.05, 4.69) is 0 Å². The van der Waals surface area contributed by atoms with Crippen molar-refractivity contribution in [3.8, 4) is 0 Å². The molecule has 0 saturated carbocycles. The van der Waals surface area contributed by atoms with Crippen molar-refractivity contribution in [2.45, 2.75) is 13.0 Å². The molecule has 0 aliphatic rings. The standard InChI is InChI=1S/C10H14O3S/c1-8-4-3-5-9(6-8)10(11)7-14(2,12)13/h3-6,10-11H,7H2,1-2H3/t10-/m1/s1. The number of aryl methyl sites for hydroxylation is 1. The minimum Gasteiger partial charge on any atom is -0.387 e. The van der Waals surface area contributed by atoms with Crippen LogP contribution in [0.15, 0.2) is 24.3 Å². The van der Waals surface area contributed by atoms with Crippen LogP contribution in [0, 0.1) is 6.92 Å². The lowest BCUT2D eigenvalue weighted by atomic mass is 10.1. The summed E-state index contributed by atoms with van der Waals surface area (Å²) in [6, 6.07) is 7.21. The third-order valence-electron chi connectivity index (χ3n) is 1.89. The molecular formula is C10H14O3S. The zero-order valence-electron chi connectivity index (χ0n) is 8.27. The van der Waals surface area contributed by atoms with Gasteiger partial charge in [0.2, 0.25) is 0 Å². The summed E-state index contributed by atoms with van der Waals surface area (Å²) in [5, 5.41) is 9.60. The first kappa shape index (κ1) is 11.2. The molecule has 1 rings (SSSR count). The highest BCUT2D eigenvalue weighted by atomic mass is 32.2. The van der Waals surface area contributed by atoms with E-state index in [0.717, 1.165) is 11.8 Å². The van der Waals surface area contributed by atoms with Crippen LogP contribution in [-0.2, 0) is 9.84 Å². The molecule has 78 valence electrons. The van der Waals surface area contributed by atoms with E-state index in [0.29, 0.717) is 5.56 Å². The summed E-state index contributed by atoms with van der Waals surface area (Å²) in [5.74, 6) is -0.226. The highest BCUT2D eigenvalue weighted by molar-refractivity contribution is 7.90. The number of benzene rings is 1. The Morgan fingerprint density at radius 1 is 1.43 bits per heavy atom. The van der Waals surface area contributed by atoms with E-state index in [9.17, 15) is 13.5 Å². The fourth-order valence-electron chi connectivity index (χ4n) is 1.26. The number of aliphatic hydroxyl groups excluding tert-OH is 1. The lowest BCUT2D eigenvalue weighted by molar-refractivity contribution is 0.202. The van der Waals surface area contributed by atoms with Gasteiger partial charge in [0.25, 0.3) is 0 Å². The fourth-order valence-corrected chi connectivity index (χ4v) is 2.03. The Labute approximate surface area is 84.3 Å². The Kier molecular flexibility index (Phi) is 3.29. The van der Waals surface area contributed by atoms with Crippen molar-refractivity contribution in [1.82, 2.24) is 0 Å². The zero-order valence-corrected chi connectivity index (χ0v) is 9.08. The van der Waals surface area contributed by atoms with Crippen LogP contribution in [0.5, 0.6) is 0 Å². The maximum absolute atomic E-state index is 10.9. The first-order chi connectivity index (χ1) is 6.38. The summed E-state index contributed by atoms with van der Waals surface area (Å²) < 4.78 is 21.9.